The van der Waals surface area contributed by atoms with E-state index in [0.717, 1.165) is 10.1 Å². The van der Waals surface area contributed by atoms with E-state index in [2.05, 4.69) is 20.7 Å². The second-order valence-electron chi connectivity index (χ2n) is 4.26. The van der Waals surface area contributed by atoms with Gasteiger partial charge in [0.15, 0.2) is 0 Å². The number of rotatable bonds is 3. The number of nitrogens with zero attached hydrogens (tertiary/aromatic N) is 4. The summed E-state index contributed by atoms with van der Waals surface area (Å²) >= 11 is 4.90. The van der Waals surface area contributed by atoms with Crippen molar-refractivity contribution in [1.29, 1.82) is 0 Å². The van der Waals surface area contributed by atoms with Gasteiger partial charge in [-0.05, 0) is 18.3 Å². The normalized spacial score (nSPS) is 10.7. The first-order valence-electron chi connectivity index (χ1n) is 6.02. The lowest BCUT2D eigenvalue weighted by Gasteiger charge is -2.07. The highest BCUT2D eigenvalue weighted by Gasteiger charge is 2.09. The largest absolute Gasteiger partial charge is 0.275 e. The quantitative estimate of drug-likeness (QED) is 0.683. The molecule has 0 aliphatic carbocycles. The highest BCUT2D eigenvalue weighted by molar-refractivity contribution is 7.71. The summed E-state index contributed by atoms with van der Waals surface area (Å²) in [7, 11) is 0. The summed E-state index contributed by atoms with van der Waals surface area (Å²) in [5.41, 5.74) is 2.17. The second kappa shape index (κ2) is 5.29. The van der Waals surface area contributed by atoms with E-state index >= 15 is 0 Å². The maximum Gasteiger partial charge on any atom is 0.275 e. The fourth-order valence-electron chi connectivity index (χ4n) is 1.87. The van der Waals surface area contributed by atoms with Crippen molar-refractivity contribution in [1.82, 2.24) is 24.7 Å². The van der Waals surface area contributed by atoms with Crippen LogP contribution in [0.25, 0.3) is 10.8 Å². The summed E-state index contributed by atoms with van der Waals surface area (Å²) in [5, 5.41) is 11.4. The van der Waals surface area contributed by atoms with Crippen LogP contribution in [0, 0.1) is 4.77 Å². The van der Waals surface area contributed by atoms with E-state index in [1.165, 1.54) is 11.0 Å². The van der Waals surface area contributed by atoms with Gasteiger partial charge in [0.25, 0.3) is 11.5 Å². The van der Waals surface area contributed by atoms with Crippen LogP contribution in [0.5, 0.6) is 0 Å². The molecule has 8 nitrogen and oxygen atoms in total. The van der Waals surface area contributed by atoms with Gasteiger partial charge in [-0.15, -0.1) is 0 Å². The maximum absolute atomic E-state index is 12.2. The molecule has 3 aromatic rings. The predicted molar refractivity (Wildman–Crippen MR) is 77.8 cm³/mol. The first-order chi connectivity index (χ1) is 10.1. The first-order valence-corrected chi connectivity index (χ1v) is 6.43. The van der Waals surface area contributed by atoms with Crippen LogP contribution in [-0.4, -0.2) is 30.6 Å². The molecule has 0 aliphatic heterocycles. The molecule has 0 saturated carbocycles. The number of carbonyl (C=O) groups excluding carboxylic acids is 1. The molecule has 1 aromatic carbocycles. The van der Waals surface area contributed by atoms with Crippen LogP contribution in [0.4, 0.5) is 0 Å². The Labute approximate surface area is 123 Å². The predicted octanol–water partition coefficient (Wildman–Crippen LogP) is 0.421. The van der Waals surface area contributed by atoms with Gasteiger partial charge in [0, 0.05) is 5.39 Å². The minimum Gasteiger partial charge on any atom is -0.271 e. The van der Waals surface area contributed by atoms with Crippen molar-refractivity contribution >= 4 is 28.9 Å². The summed E-state index contributed by atoms with van der Waals surface area (Å²) in [6.45, 7) is -0.212. The molecular formula is C12H10N6O2S. The molecule has 0 bridgehead atoms. The number of aromatic nitrogens is 5. The Morgan fingerprint density at radius 2 is 2.19 bits per heavy atom. The van der Waals surface area contributed by atoms with Crippen molar-refractivity contribution in [3.63, 3.8) is 0 Å². The lowest BCUT2D eigenvalue weighted by molar-refractivity contribution is -0.117. The Morgan fingerprint density at radius 3 is 2.95 bits per heavy atom. The molecule has 2 aromatic heterocycles. The van der Waals surface area contributed by atoms with Gasteiger partial charge in [-0.2, -0.15) is 10.2 Å². The topological polar surface area (TPSA) is 97.6 Å². The van der Waals surface area contributed by atoms with E-state index in [4.69, 9.17) is 12.2 Å². The molecule has 3 rings (SSSR count). The minimum atomic E-state index is -0.433. The zero-order valence-corrected chi connectivity index (χ0v) is 11.5. The van der Waals surface area contributed by atoms with Gasteiger partial charge in [0.1, 0.15) is 12.9 Å². The van der Waals surface area contributed by atoms with Gasteiger partial charge < -0.3 is 0 Å². The average Bonchev–Trinajstić information content (AvgIpc) is 2.87. The van der Waals surface area contributed by atoms with E-state index in [1.54, 1.807) is 24.4 Å². The van der Waals surface area contributed by atoms with Gasteiger partial charge in [-0.1, -0.05) is 18.2 Å². The molecule has 0 radical (unpaired) electrons. The second-order valence-corrected chi connectivity index (χ2v) is 4.65. The number of nitrogens with one attached hydrogen (secondary N) is 2. The Bertz CT molecular complexity index is 925. The number of carbonyl (C=O) groups is 1. The molecule has 9 heteroatoms. The molecule has 2 heterocycles. The third-order valence-electron chi connectivity index (χ3n) is 2.85. The van der Waals surface area contributed by atoms with Crippen LogP contribution < -0.4 is 11.0 Å². The third kappa shape index (κ3) is 2.58. The fraction of sp³-hybridized carbons (Fsp3) is 0.0833. The lowest BCUT2D eigenvalue weighted by Crippen LogP contribution is -2.32. The molecule has 1 amide bonds. The summed E-state index contributed by atoms with van der Waals surface area (Å²) in [5.74, 6) is -0.433. The lowest BCUT2D eigenvalue weighted by atomic mass is 10.2. The Hall–Kier alpha value is -2.81. The van der Waals surface area contributed by atoms with Crippen molar-refractivity contribution in [3.05, 3.63) is 51.9 Å². The average molecular weight is 302 g/mol. The molecular weight excluding hydrogens is 292 g/mol. The highest BCUT2D eigenvalue weighted by atomic mass is 32.1. The number of benzene rings is 1. The van der Waals surface area contributed by atoms with Gasteiger partial charge in [0.05, 0.1) is 11.6 Å². The smallest absolute Gasteiger partial charge is 0.271 e. The monoisotopic (exact) mass is 302 g/mol. The van der Waals surface area contributed by atoms with Crippen LogP contribution in [0.15, 0.2) is 41.6 Å². The van der Waals surface area contributed by atoms with Crippen molar-refractivity contribution in [2.45, 2.75) is 6.54 Å². The fourth-order valence-corrected chi connectivity index (χ4v) is 2.02. The highest BCUT2D eigenvalue weighted by Crippen LogP contribution is 2.06. The van der Waals surface area contributed by atoms with E-state index in [1.807, 2.05) is 6.07 Å². The Kier molecular flexibility index (Phi) is 3.32. The zero-order chi connectivity index (χ0) is 14.8. The van der Waals surface area contributed by atoms with E-state index < -0.39 is 5.91 Å². The molecule has 2 N–H and O–H groups in total. The molecule has 0 spiro atoms. The number of aromatic amines is 1. The SMILES string of the molecule is O=C(Cn1ncc2ccccc2c1=O)Nn1cn[nH]c1=S. The van der Waals surface area contributed by atoms with Crippen LogP contribution >= 0.6 is 12.2 Å². The van der Waals surface area contributed by atoms with Gasteiger partial charge in [-0.3, -0.25) is 20.1 Å². The first kappa shape index (κ1) is 13.2. The van der Waals surface area contributed by atoms with Crippen LogP contribution in [0.1, 0.15) is 0 Å². The van der Waals surface area contributed by atoms with Gasteiger partial charge >= 0.3 is 0 Å². The Morgan fingerprint density at radius 1 is 1.38 bits per heavy atom. The van der Waals surface area contributed by atoms with E-state index in [9.17, 15) is 9.59 Å². The maximum atomic E-state index is 12.2. The van der Waals surface area contributed by atoms with Crippen molar-refractivity contribution in [2.24, 2.45) is 0 Å². The molecule has 0 aliphatic rings. The number of hydrogen-bond acceptors (Lipinski definition) is 5. The number of fused-ring (bicyclic) bond motifs is 1. The van der Waals surface area contributed by atoms with Crippen molar-refractivity contribution < 1.29 is 4.79 Å². The number of hydrogen-bond donors (Lipinski definition) is 2. The van der Waals surface area contributed by atoms with Crippen molar-refractivity contribution in [2.75, 3.05) is 5.43 Å². The molecule has 0 fully saturated rings. The Balaban J connectivity index is 1.87. The van der Waals surface area contributed by atoms with Crippen LogP contribution in [0.3, 0.4) is 0 Å². The molecule has 0 unspecified atom stereocenters. The number of amides is 1. The molecule has 106 valence electrons. The summed E-state index contributed by atoms with van der Waals surface area (Å²) < 4.78 is 2.60. The summed E-state index contributed by atoms with van der Waals surface area (Å²) in [6, 6.07) is 7.07. The van der Waals surface area contributed by atoms with E-state index in [-0.39, 0.29) is 16.9 Å². The van der Waals surface area contributed by atoms with Gasteiger partial charge in [-0.25, -0.2) is 9.36 Å². The molecule has 21 heavy (non-hydrogen) atoms. The molecule has 0 atom stereocenters. The summed E-state index contributed by atoms with van der Waals surface area (Å²) in [4.78, 5) is 24.1. The number of H-pyrrole nitrogens is 1. The minimum absolute atomic E-state index is 0.212. The van der Waals surface area contributed by atoms with E-state index in [0.29, 0.717) is 5.39 Å². The standard InChI is InChI=1S/C12H10N6O2S/c19-10(16-18-7-13-15-12(18)21)6-17-11(20)9-4-2-1-3-8(9)5-14-17/h1-5,7H,6H2,(H,15,21)(H,16,19). The third-order valence-corrected chi connectivity index (χ3v) is 3.14. The van der Waals surface area contributed by atoms with Gasteiger partial charge in [0.2, 0.25) is 4.77 Å². The van der Waals surface area contributed by atoms with Crippen LogP contribution in [0.2, 0.25) is 0 Å². The zero-order valence-electron chi connectivity index (χ0n) is 10.7. The molecule has 0 saturated heterocycles. The summed E-state index contributed by atoms with van der Waals surface area (Å²) in [6.07, 6.45) is 2.88. The van der Waals surface area contributed by atoms with Crippen LogP contribution in [-0.2, 0) is 11.3 Å². The van der Waals surface area contributed by atoms with Crippen molar-refractivity contribution in [3.8, 4) is 0 Å².